The number of hydrogen-bond acceptors (Lipinski definition) is 3. The van der Waals surface area contributed by atoms with Gasteiger partial charge in [-0.2, -0.15) is 11.8 Å². The molecule has 18 heavy (non-hydrogen) atoms. The lowest BCUT2D eigenvalue weighted by atomic mass is 9.96. The van der Waals surface area contributed by atoms with Crippen molar-refractivity contribution in [3.05, 3.63) is 0 Å². The van der Waals surface area contributed by atoms with Crippen molar-refractivity contribution in [2.75, 3.05) is 18.1 Å². The minimum Gasteiger partial charge on any atom is -0.337 e. The number of nitrogens with zero attached hydrogens (tertiary/aromatic N) is 1. The number of halogens is 1. The first-order chi connectivity index (χ1) is 8.18. The fourth-order valence-electron chi connectivity index (χ4n) is 2.98. The van der Waals surface area contributed by atoms with Gasteiger partial charge in [-0.25, -0.2) is 0 Å². The monoisotopic (exact) mass is 292 g/mol. The fourth-order valence-corrected chi connectivity index (χ4v) is 3.93. The number of thioether (sulfide) groups is 1. The van der Waals surface area contributed by atoms with Gasteiger partial charge in [0.15, 0.2) is 0 Å². The molecule has 1 amide bonds. The molecule has 2 heterocycles. The molecule has 2 rings (SSSR count). The molecule has 0 aromatic carbocycles. The average molecular weight is 293 g/mol. The van der Waals surface area contributed by atoms with Crippen LogP contribution in [0.5, 0.6) is 0 Å². The summed E-state index contributed by atoms with van der Waals surface area (Å²) in [5.41, 5.74) is 0. The van der Waals surface area contributed by atoms with Gasteiger partial charge >= 0.3 is 0 Å². The van der Waals surface area contributed by atoms with Crippen LogP contribution in [0.25, 0.3) is 0 Å². The molecular weight excluding hydrogens is 268 g/mol. The molecule has 2 fully saturated rings. The minimum absolute atomic E-state index is 0. The largest absolute Gasteiger partial charge is 0.337 e. The van der Waals surface area contributed by atoms with Crippen molar-refractivity contribution in [2.24, 2.45) is 0 Å². The van der Waals surface area contributed by atoms with E-state index >= 15 is 0 Å². The van der Waals surface area contributed by atoms with Gasteiger partial charge in [-0.3, -0.25) is 4.79 Å². The SMILES string of the molecule is CC1CCCC(C)N1C(=O)CC1CSCCN1.Cl. The molecule has 2 saturated heterocycles. The van der Waals surface area contributed by atoms with Crippen LogP contribution in [0, 0.1) is 0 Å². The Hall–Kier alpha value is 0.0700. The van der Waals surface area contributed by atoms with Gasteiger partial charge in [0.2, 0.25) is 5.91 Å². The van der Waals surface area contributed by atoms with Crippen molar-refractivity contribution in [3.8, 4) is 0 Å². The molecule has 0 spiro atoms. The van der Waals surface area contributed by atoms with E-state index in [0.29, 0.717) is 30.5 Å². The predicted octanol–water partition coefficient (Wildman–Crippen LogP) is 2.29. The molecule has 2 aliphatic rings. The first-order valence-electron chi connectivity index (χ1n) is 6.80. The molecule has 0 radical (unpaired) electrons. The standard InChI is InChI=1S/C13H24N2OS.ClH/c1-10-4-3-5-11(2)15(10)13(16)8-12-9-17-7-6-14-12;/h10-12,14H,3-9H2,1-2H3;1H. The van der Waals surface area contributed by atoms with Crippen molar-refractivity contribution in [3.63, 3.8) is 0 Å². The van der Waals surface area contributed by atoms with Crippen molar-refractivity contribution in [2.45, 2.75) is 57.7 Å². The quantitative estimate of drug-likeness (QED) is 0.848. The molecule has 0 bridgehead atoms. The molecule has 3 atom stereocenters. The topological polar surface area (TPSA) is 32.3 Å². The number of nitrogens with one attached hydrogen (secondary N) is 1. The summed E-state index contributed by atoms with van der Waals surface area (Å²) in [6, 6.07) is 1.26. The second kappa shape index (κ2) is 7.61. The first-order valence-corrected chi connectivity index (χ1v) is 7.96. The van der Waals surface area contributed by atoms with Crippen LogP contribution < -0.4 is 5.32 Å². The Morgan fingerprint density at radius 3 is 2.56 bits per heavy atom. The maximum absolute atomic E-state index is 12.4. The van der Waals surface area contributed by atoms with Crippen LogP contribution >= 0.6 is 24.2 Å². The van der Waals surface area contributed by atoms with E-state index in [4.69, 9.17) is 0 Å². The van der Waals surface area contributed by atoms with Gasteiger partial charge < -0.3 is 10.2 Å². The van der Waals surface area contributed by atoms with Crippen LogP contribution in [0.2, 0.25) is 0 Å². The summed E-state index contributed by atoms with van der Waals surface area (Å²) in [7, 11) is 0. The molecular formula is C13H25ClN2OS. The third-order valence-electron chi connectivity index (χ3n) is 3.90. The van der Waals surface area contributed by atoms with Crippen LogP contribution in [0.4, 0.5) is 0 Å². The molecule has 5 heteroatoms. The summed E-state index contributed by atoms with van der Waals surface area (Å²) in [4.78, 5) is 14.5. The second-order valence-corrected chi connectivity index (χ2v) is 6.51. The van der Waals surface area contributed by atoms with Gasteiger partial charge in [0.1, 0.15) is 0 Å². The highest BCUT2D eigenvalue weighted by molar-refractivity contribution is 7.99. The van der Waals surface area contributed by atoms with E-state index in [1.54, 1.807) is 0 Å². The smallest absolute Gasteiger partial charge is 0.224 e. The third kappa shape index (κ3) is 4.04. The van der Waals surface area contributed by atoms with E-state index in [2.05, 4.69) is 24.1 Å². The van der Waals surface area contributed by atoms with E-state index in [1.807, 2.05) is 11.8 Å². The Balaban J connectivity index is 0.00000162. The summed E-state index contributed by atoms with van der Waals surface area (Å²) in [6.45, 7) is 5.43. The number of amides is 1. The zero-order valence-electron chi connectivity index (χ0n) is 11.4. The maximum Gasteiger partial charge on any atom is 0.224 e. The number of rotatable bonds is 2. The first kappa shape index (κ1) is 16.1. The van der Waals surface area contributed by atoms with Crippen LogP contribution in [0.3, 0.4) is 0 Å². The highest BCUT2D eigenvalue weighted by atomic mass is 35.5. The molecule has 3 nitrogen and oxygen atoms in total. The lowest BCUT2D eigenvalue weighted by Gasteiger charge is -2.40. The van der Waals surface area contributed by atoms with Crippen LogP contribution in [-0.2, 0) is 4.79 Å². The molecule has 0 aliphatic carbocycles. The second-order valence-electron chi connectivity index (χ2n) is 5.36. The normalized spacial score (nSPS) is 32.8. The summed E-state index contributed by atoms with van der Waals surface area (Å²) < 4.78 is 0. The average Bonchev–Trinajstić information content (AvgIpc) is 2.30. The molecule has 0 aromatic heterocycles. The van der Waals surface area contributed by atoms with Gasteiger partial charge in [-0.15, -0.1) is 12.4 Å². The summed E-state index contributed by atoms with van der Waals surface area (Å²) >= 11 is 1.96. The highest BCUT2D eigenvalue weighted by Crippen LogP contribution is 2.24. The predicted molar refractivity (Wildman–Crippen MR) is 80.6 cm³/mol. The number of carbonyl (C=O) groups is 1. The number of piperidine rings is 1. The Bertz CT molecular complexity index is 262. The van der Waals surface area contributed by atoms with Crippen LogP contribution in [0.1, 0.15) is 39.5 Å². The maximum atomic E-state index is 12.4. The zero-order chi connectivity index (χ0) is 12.3. The zero-order valence-corrected chi connectivity index (χ0v) is 13.0. The van der Waals surface area contributed by atoms with Gasteiger partial charge in [0, 0.05) is 42.6 Å². The van der Waals surface area contributed by atoms with Gasteiger partial charge in [0.05, 0.1) is 0 Å². The molecule has 3 unspecified atom stereocenters. The fraction of sp³-hybridized carbons (Fsp3) is 0.923. The third-order valence-corrected chi connectivity index (χ3v) is 5.03. The lowest BCUT2D eigenvalue weighted by molar-refractivity contribution is -0.137. The van der Waals surface area contributed by atoms with Crippen LogP contribution in [-0.4, -0.2) is 47.0 Å². The van der Waals surface area contributed by atoms with Crippen molar-refractivity contribution in [1.29, 1.82) is 0 Å². The van der Waals surface area contributed by atoms with Crippen molar-refractivity contribution >= 4 is 30.1 Å². The molecule has 0 aromatic rings. The molecule has 106 valence electrons. The minimum atomic E-state index is 0. The molecule has 2 aliphatic heterocycles. The van der Waals surface area contributed by atoms with E-state index in [-0.39, 0.29) is 12.4 Å². The van der Waals surface area contributed by atoms with Crippen molar-refractivity contribution < 1.29 is 4.79 Å². The van der Waals surface area contributed by atoms with Gasteiger partial charge in [-0.1, -0.05) is 0 Å². The van der Waals surface area contributed by atoms with Gasteiger partial charge in [-0.05, 0) is 33.1 Å². The van der Waals surface area contributed by atoms with E-state index in [9.17, 15) is 4.79 Å². The van der Waals surface area contributed by atoms with Crippen molar-refractivity contribution in [1.82, 2.24) is 10.2 Å². The lowest BCUT2D eigenvalue weighted by Crippen LogP contribution is -2.50. The summed E-state index contributed by atoms with van der Waals surface area (Å²) in [5, 5.41) is 3.45. The molecule has 0 saturated carbocycles. The summed E-state index contributed by atoms with van der Waals surface area (Å²) in [6.07, 6.45) is 4.29. The summed E-state index contributed by atoms with van der Waals surface area (Å²) in [5.74, 6) is 2.62. The van der Waals surface area contributed by atoms with E-state index in [0.717, 1.165) is 12.3 Å². The Kier molecular flexibility index (Phi) is 6.82. The number of hydrogen-bond donors (Lipinski definition) is 1. The van der Waals surface area contributed by atoms with E-state index in [1.165, 1.54) is 25.0 Å². The molecule has 1 N–H and O–H groups in total. The van der Waals surface area contributed by atoms with Gasteiger partial charge in [0.25, 0.3) is 0 Å². The Labute approximate surface area is 121 Å². The van der Waals surface area contributed by atoms with Crippen LogP contribution in [0.15, 0.2) is 0 Å². The number of carbonyl (C=O) groups excluding carboxylic acids is 1. The highest BCUT2D eigenvalue weighted by Gasteiger charge is 2.30. The number of likely N-dealkylation sites (tertiary alicyclic amines) is 1. The van der Waals surface area contributed by atoms with E-state index < -0.39 is 0 Å². The Morgan fingerprint density at radius 1 is 1.33 bits per heavy atom. The Morgan fingerprint density at radius 2 is 2.00 bits per heavy atom.